The molecule has 3 nitrogen and oxygen atoms in total. The van der Waals surface area contributed by atoms with Crippen molar-refractivity contribution < 1.29 is 4.57 Å². The molecule has 0 aliphatic heterocycles. The third-order valence-electron chi connectivity index (χ3n) is 10.2. The predicted molar refractivity (Wildman–Crippen MR) is 207 cm³/mol. The Morgan fingerprint density at radius 2 is 0.696 bits per heavy atom. The molecule has 0 bridgehead atoms. The summed E-state index contributed by atoms with van der Waals surface area (Å²) in [5.74, 6) is 0. The van der Waals surface area contributed by atoms with Crippen molar-refractivity contribution in [2.24, 2.45) is 0 Å². The Hall–Kier alpha value is -2.29. The van der Waals surface area contributed by atoms with Crippen molar-refractivity contribution in [3.8, 4) is 0 Å². The maximum Gasteiger partial charge on any atom is 0.215 e. The molecular formula is C43H72N3+. The van der Waals surface area contributed by atoms with Crippen LogP contribution < -0.4 is 14.4 Å². The van der Waals surface area contributed by atoms with Crippen LogP contribution in [0, 0.1) is 0 Å². The summed E-state index contributed by atoms with van der Waals surface area (Å²) in [5, 5.41) is 2.67. The van der Waals surface area contributed by atoms with Crippen LogP contribution in [-0.4, -0.2) is 28.2 Å². The minimum atomic E-state index is 1.08. The summed E-state index contributed by atoms with van der Waals surface area (Å²) in [6, 6.07) is 16.2. The van der Waals surface area contributed by atoms with Crippen LogP contribution in [0.4, 0.5) is 11.4 Å². The number of aryl methyl sites for hydroxylation is 1. The predicted octanol–water partition coefficient (Wildman–Crippen LogP) is 12.8. The van der Waals surface area contributed by atoms with Gasteiger partial charge in [-0.25, -0.2) is 0 Å². The molecule has 3 rings (SSSR count). The fraction of sp³-hybridized carbons (Fsp3) is 0.698. The van der Waals surface area contributed by atoms with E-state index >= 15 is 0 Å². The Kier molecular flexibility index (Phi) is 19.2. The van der Waals surface area contributed by atoms with Crippen LogP contribution in [0.1, 0.15) is 161 Å². The molecule has 46 heavy (non-hydrogen) atoms. The summed E-state index contributed by atoms with van der Waals surface area (Å²) in [5.41, 5.74) is 5.24. The first-order valence-electron chi connectivity index (χ1n) is 19.8. The fourth-order valence-electron chi connectivity index (χ4n) is 7.10. The zero-order valence-corrected chi connectivity index (χ0v) is 31.1. The van der Waals surface area contributed by atoms with E-state index in [0.29, 0.717) is 0 Å². The van der Waals surface area contributed by atoms with Gasteiger partial charge in [0.2, 0.25) is 11.0 Å². The largest absolute Gasteiger partial charge is 0.377 e. The Bertz CT molecular complexity index is 1150. The van der Waals surface area contributed by atoms with E-state index in [-0.39, 0.29) is 0 Å². The standard InChI is InChI=1S/C43H72N3/c1-6-7-8-9-10-11-12-13-14-15-16-17-18-19-20-21-22-23-24-25-26-27-28-29-34-46-42-36-40(44(2)3)32-30-38(42)35-39-31-33-41(45(4)5)37-43(39)46/h30-33,35-37H,6-29,34H2,1-5H3/q+1. The maximum absolute atomic E-state index is 2.59. The van der Waals surface area contributed by atoms with Crippen molar-refractivity contribution >= 4 is 33.2 Å². The number of nitrogens with zero attached hydrogens (tertiary/aromatic N) is 3. The third kappa shape index (κ3) is 14.2. The molecule has 0 aliphatic rings. The van der Waals surface area contributed by atoms with Gasteiger partial charge in [-0.2, -0.15) is 4.57 Å². The fourth-order valence-corrected chi connectivity index (χ4v) is 7.10. The highest BCUT2D eigenvalue weighted by Crippen LogP contribution is 2.26. The molecule has 0 unspecified atom stereocenters. The highest BCUT2D eigenvalue weighted by molar-refractivity contribution is 5.91. The Labute approximate surface area is 285 Å². The summed E-state index contributed by atoms with van der Waals surface area (Å²) in [7, 11) is 8.55. The number of fused-ring (bicyclic) bond motifs is 2. The molecule has 0 aliphatic carbocycles. The molecule has 0 amide bonds. The van der Waals surface area contributed by atoms with E-state index in [1.807, 2.05) is 0 Å². The minimum absolute atomic E-state index is 1.08. The van der Waals surface area contributed by atoms with E-state index in [1.54, 1.807) is 0 Å². The summed E-state index contributed by atoms with van der Waals surface area (Å²) >= 11 is 0. The molecule has 0 radical (unpaired) electrons. The van der Waals surface area contributed by atoms with Gasteiger partial charge in [-0.15, -0.1) is 0 Å². The van der Waals surface area contributed by atoms with Gasteiger partial charge in [0, 0.05) is 68.9 Å². The van der Waals surface area contributed by atoms with Gasteiger partial charge in [-0.3, -0.25) is 0 Å². The lowest BCUT2D eigenvalue weighted by atomic mass is 10.0. The molecule has 1 heterocycles. The van der Waals surface area contributed by atoms with Crippen LogP contribution in [-0.2, 0) is 6.54 Å². The molecule has 1 aromatic heterocycles. The Balaban J connectivity index is 1.21. The second-order valence-electron chi connectivity index (χ2n) is 14.7. The van der Waals surface area contributed by atoms with Crippen molar-refractivity contribution in [2.45, 2.75) is 168 Å². The van der Waals surface area contributed by atoms with Gasteiger partial charge in [0.05, 0.1) is 0 Å². The van der Waals surface area contributed by atoms with Gasteiger partial charge in [-0.1, -0.05) is 148 Å². The lowest BCUT2D eigenvalue weighted by Gasteiger charge is -2.15. The van der Waals surface area contributed by atoms with Crippen LogP contribution in [0.3, 0.4) is 0 Å². The Morgan fingerprint density at radius 3 is 1.00 bits per heavy atom. The smallest absolute Gasteiger partial charge is 0.215 e. The number of hydrogen-bond donors (Lipinski definition) is 0. The molecule has 3 heteroatoms. The van der Waals surface area contributed by atoms with Gasteiger partial charge in [0.15, 0.2) is 0 Å². The van der Waals surface area contributed by atoms with Gasteiger partial charge >= 0.3 is 0 Å². The number of benzene rings is 2. The molecule has 0 N–H and O–H groups in total. The average Bonchev–Trinajstić information content (AvgIpc) is 3.05. The molecule has 3 aromatic rings. The number of pyridine rings is 1. The number of hydrogen-bond acceptors (Lipinski definition) is 2. The normalized spacial score (nSPS) is 11.6. The average molecular weight is 631 g/mol. The highest BCUT2D eigenvalue weighted by atomic mass is 15.1. The van der Waals surface area contributed by atoms with Crippen molar-refractivity contribution in [1.82, 2.24) is 0 Å². The van der Waals surface area contributed by atoms with Crippen LogP contribution in [0.5, 0.6) is 0 Å². The number of rotatable bonds is 27. The van der Waals surface area contributed by atoms with E-state index in [1.165, 1.54) is 187 Å². The van der Waals surface area contributed by atoms with E-state index in [0.717, 1.165) is 6.54 Å². The quantitative estimate of drug-likeness (QED) is 0.0471. The summed E-state index contributed by atoms with van der Waals surface area (Å²) in [6.45, 7) is 3.39. The molecule has 2 aromatic carbocycles. The first-order valence-corrected chi connectivity index (χ1v) is 19.8. The van der Waals surface area contributed by atoms with Crippen LogP contribution in [0.15, 0.2) is 42.5 Å². The first-order chi connectivity index (χ1) is 22.5. The van der Waals surface area contributed by atoms with Gasteiger partial charge in [0.1, 0.15) is 6.54 Å². The second kappa shape index (κ2) is 23.1. The SMILES string of the molecule is CCCCCCCCCCCCCCCCCCCCCCCCCC[n+]1c2cc(N(C)C)ccc2cc2ccc(N(C)C)cc21. The van der Waals surface area contributed by atoms with E-state index in [4.69, 9.17) is 0 Å². The molecule has 0 saturated carbocycles. The lowest BCUT2D eigenvalue weighted by Crippen LogP contribution is -2.36. The zero-order chi connectivity index (χ0) is 32.8. The highest BCUT2D eigenvalue weighted by Gasteiger charge is 2.17. The van der Waals surface area contributed by atoms with E-state index in [9.17, 15) is 0 Å². The zero-order valence-electron chi connectivity index (χ0n) is 31.1. The Morgan fingerprint density at radius 1 is 0.391 bits per heavy atom. The number of anilines is 2. The van der Waals surface area contributed by atoms with Gasteiger partial charge in [0.25, 0.3) is 0 Å². The van der Waals surface area contributed by atoms with Crippen molar-refractivity contribution in [2.75, 3.05) is 38.0 Å². The molecule has 258 valence electrons. The summed E-state index contributed by atoms with van der Waals surface area (Å²) in [6.07, 6.45) is 34.5. The van der Waals surface area contributed by atoms with Gasteiger partial charge < -0.3 is 9.80 Å². The lowest BCUT2D eigenvalue weighted by molar-refractivity contribution is -0.645. The van der Waals surface area contributed by atoms with Crippen molar-refractivity contribution in [1.29, 1.82) is 0 Å². The molecular weight excluding hydrogens is 558 g/mol. The second-order valence-corrected chi connectivity index (χ2v) is 14.7. The number of unbranched alkanes of at least 4 members (excludes halogenated alkanes) is 23. The van der Waals surface area contributed by atoms with Crippen LogP contribution >= 0.6 is 0 Å². The molecule has 0 spiro atoms. The first kappa shape index (κ1) is 38.2. The molecule has 0 saturated heterocycles. The monoisotopic (exact) mass is 631 g/mol. The van der Waals surface area contributed by atoms with E-state index < -0.39 is 0 Å². The summed E-state index contributed by atoms with van der Waals surface area (Å²) in [4.78, 5) is 4.43. The van der Waals surface area contributed by atoms with Crippen molar-refractivity contribution in [3.63, 3.8) is 0 Å². The molecule has 0 fully saturated rings. The third-order valence-corrected chi connectivity index (χ3v) is 10.2. The van der Waals surface area contributed by atoms with Gasteiger partial charge in [-0.05, 0) is 36.8 Å². The van der Waals surface area contributed by atoms with Crippen LogP contribution in [0.2, 0.25) is 0 Å². The molecule has 0 atom stereocenters. The maximum atomic E-state index is 2.59. The van der Waals surface area contributed by atoms with Crippen molar-refractivity contribution in [3.05, 3.63) is 42.5 Å². The van der Waals surface area contributed by atoms with E-state index in [2.05, 4.69) is 91.9 Å². The minimum Gasteiger partial charge on any atom is -0.377 e. The van der Waals surface area contributed by atoms with Crippen LogP contribution in [0.25, 0.3) is 21.8 Å². The topological polar surface area (TPSA) is 10.4 Å². The summed E-state index contributed by atoms with van der Waals surface area (Å²) < 4.78 is 2.59. The number of aromatic nitrogens is 1.